The number of fused-ring (bicyclic) bond motifs is 1. The number of benzene rings is 2. The second kappa shape index (κ2) is 8.95. The van der Waals surface area contributed by atoms with Crippen LogP contribution in [-0.2, 0) is 0 Å². The first-order chi connectivity index (χ1) is 15.0. The summed E-state index contributed by atoms with van der Waals surface area (Å²) >= 11 is 0. The van der Waals surface area contributed by atoms with E-state index < -0.39 is 6.10 Å². The molecule has 1 atom stereocenters. The number of methoxy groups -OCH3 is 1. The highest BCUT2D eigenvalue weighted by atomic mass is 16.5. The molecule has 1 aliphatic rings. The zero-order valence-electron chi connectivity index (χ0n) is 17.8. The number of aliphatic hydroxyl groups excluding tert-OH is 1. The van der Waals surface area contributed by atoms with Crippen LogP contribution in [0.3, 0.4) is 0 Å². The van der Waals surface area contributed by atoms with Gasteiger partial charge in [-0.05, 0) is 48.7 Å². The molecule has 1 aromatic heterocycles. The van der Waals surface area contributed by atoms with Crippen LogP contribution in [0.2, 0.25) is 0 Å². The van der Waals surface area contributed by atoms with Crippen molar-refractivity contribution < 1.29 is 14.6 Å². The van der Waals surface area contributed by atoms with Crippen LogP contribution in [0.5, 0.6) is 5.75 Å². The number of likely N-dealkylation sites (tertiary alicyclic amines) is 1. The highest BCUT2D eigenvalue weighted by molar-refractivity contribution is 5.97. The number of nitrogens with zero attached hydrogens (tertiary/aromatic N) is 2. The number of hydrogen-bond acceptors (Lipinski definition) is 5. The quantitative estimate of drug-likeness (QED) is 0.563. The van der Waals surface area contributed by atoms with E-state index in [9.17, 15) is 14.7 Å². The van der Waals surface area contributed by atoms with Gasteiger partial charge in [-0.25, -0.2) is 4.79 Å². The topological polar surface area (TPSA) is 99.6 Å². The standard InChI is InChI=1S/C23H28N4O4/c1-24-22(29)16-5-8-20-19(13-16)25-23(30)27(20)17-9-11-26(12-10-17)14-21(28)15-3-6-18(31-2)7-4-15/h3-8,13,17,21,28H,9-12,14H2,1-2H3,(H,24,29)(H,25,30). The van der Waals surface area contributed by atoms with Crippen LogP contribution in [-0.4, -0.2) is 59.3 Å². The average Bonchev–Trinajstić information content (AvgIpc) is 3.13. The summed E-state index contributed by atoms with van der Waals surface area (Å²) in [7, 11) is 3.20. The molecule has 0 radical (unpaired) electrons. The van der Waals surface area contributed by atoms with Gasteiger partial charge in [0.25, 0.3) is 5.91 Å². The molecule has 2 heterocycles. The van der Waals surface area contributed by atoms with Crippen LogP contribution in [0.1, 0.15) is 40.9 Å². The number of aromatic amines is 1. The molecule has 8 nitrogen and oxygen atoms in total. The van der Waals surface area contributed by atoms with Gasteiger partial charge in [0, 0.05) is 38.3 Å². The number of nitrogens with one attached hydrogen (secondary N) is 2. The number of H-pyrrole nitrogens is 1. The monoisotopic (exact) mass is 424 g/mol. The van der Waals surface area contributed by atoms with Crippen molar-refractivity contribution in [2.45, 2.75) is 25.0 Å². The Morgan fingerprint density at radius 1 is 1.23 bits per heavy atom. The minimum absolute atomic E-state index is 0.0847. The number of aliphatic hydroxyl groups is 1. The maximum Gasteiger partial charge on any atom is 0.326 e. The number of rotatable bonds is 6. The molecule has 3 aromatic rings. The molecule has 0 saturated carbocycles. The molecular formula is C23H28N4O4. The second-order valence-corrected chi connectivity index (χ2v) is 7.93. The van der Waals surface area contributed by atoms with Gasteiger partial charge in [0.1, 0.15) is 5.75 Å². The molecule has 3 N–H and O–H groups in total. The van der Waals surface area contributed by atoms with Crippen molar-refractivity contribution in [3.05, 3.63) is 64.1 Å². The fourth-order valence-corrected chi connectivity index (χ4v) is 4.32. The third kappa shape index (κ3) is 4.35. The summed E-state index contributed by atoms with van der Waals surface area (Å²) in [5.41, 5.74) is 2.71. The number of carbonyl (C=O) groups is 1. The van der Waals surface area contributed by atoms with E-state index >= 15 is 0 Å². The molecule has 1 amide bonds. The first-order valence-electron chi connectivity index (χ1n) is 10.5. The lowest BCUT2D eigenvalue weighted by Gasteiger charge is -2.33. The lowest BCUT2D eigenvalue weighted by atomic mass is 10.0. The van der Waals surface area contributed by atoms with Crippen molar-refractivity contribution in [3.8, 4) is 5.75 Å². The predicted molar refractivity (Wildman–Crippen MR) is 119 cm³/mol. The number of carbonyl (C=O) groups excluding carboxylic acids is 1. The molecular weight excluding hydrogens is 396 g/mol. The van der Waals surface area contributed by atoms with Gasteiger partial charge in [0.05, 0.1) is 24.2 Å². The van der Waals surface area contributed by atoms with Gasteiger partial charge in [-0.3, -0.25) is 9.36 Å². The van der Waals surface area contributed by atoms with Gasteiger partial charge in [0.2, 0.25) is 0 Å². The fraction of sp³-hybridized carbons (Fsp3) is 0.391. The summed E-state index contributed by atoms with van der Waals surface area (Å²) in [6.45, 7) is 2.15. The third-order valence-electron chi connectivity index (χ3n) is 6.06. The van der Waals surface area contributed by atoms with Crippen molar-refractivity contribution in [2.24, 2.45) is 0 Å². The van der Waals surface area contributed by atoms with E-state index in [0.717, 1.165) is 42.8 Å². The Balaban J connectivity index is 1.42. The van der Waals surface area contributed by atoms with Gasteiger partial charge >= 0.3 is 5.69 Å². The Hall–Kier alpha value is -3.10. The van der Waals surface area contributed by atoms with E-state index in [4.69, 9.17) is 4.74 Å². The van der Waals surface area contributed by atoms with Crippen LogP contribution in [0, 0.1) is 0 Å². The van der Waals surface area contributed by atoms with Crippen molar-refractivity contribution in [1.82, 2.24) is 19.8 Å². The average molecular weight is 425 g/mol. The number of hydrogen-bond donors (Lipinski definition) is 3. The Labute approximate surface area is 180 Å². The molecule has 164 valence electrons. The SMILES string of the molecule is CNC(=O)c1ccc2c(c1)[nH]c(=O)n2C1CCN(CC(O)c2ccc(OC)cc2)CC1. The normalized spacial score (nSPS) is 16.4. The Kier molecular flexibility index (Phi) is 6.11. The molecule has 2 aromatic carbocycles. The summed E-state index contributed by atoms with van der Waals surface area (Å²) < 4.78 is 6.97. The van der Waals surface area contributed by atoms with Crippen molar-refractivity contribution in [2.75, 3.05) is 33.8 Å². The van der Waals surface area contributed by atoms with Gasteiger partial charge in [0.15, 0.2) is 0 Å². The van der Waals surface area contributed by atoms with Crippen LogP contribution in [0.15, 0.2) is 47.3 Å². The minimum atomic E-state index is -0.568. The number of aromatic nitrogens is 2. The number of piperidine rings is 1. The lowest BCUT2D eigenvalue weighted by molar-refractivity contribution is 0.0906. The first kappa shape index (κ1) is 21.1. The van der Waals surface area contributed by atoms with Crippen molar-refractivity contribution in [1.29, 1.82) is 0 Å². The molecule has 1 aliphatic heterocycles. The zero-order valence-corrected chi connectivity index (χ0v) is 17.8. The predicted octanol–water partition coefficient (Wildman–Crippen LogP) is 2.07. The smallest absolute Gasteiger partial charge is 0.326 e. The van der Waals surface area contributed by atoms with E-state index in [0.29, 0.717) is 17.6 Å². The van der Waals surface area contributed by atoms with E-state index in [2.05, 4.69) is 15.2 Å². The summed E-state index contributed by atoms with van der Waals surface area (Å²) in [4.78, 5) is 29.6. The molecule has 8 heteroatoms. The number of β-amino-alcohol motifs (C(OH)–C–C–N with tert-alkyl or cyclic N) is 1. The van der Waals surface area contributed by atoms with Crippen molar-refractivity contribution >= 4 is 16.9 Å². The maximum atomic E-state index is 12.6. The summed E-state index contributed by atoms with van der Waals surface area (Å²) in [5, 5.41) is 13.2. The molecule has 31 heavy (non-hydrogen) atoms. The maximum absolute atomic E-state index is 12.6. The lowest BCUT2D eigenvalue weighted by Crippen LogP contribution is -2.39. The van der Waals surface area contributed by atoms with Crippen LogP contribution >= 0.6 is 0 Å². The summed E-state index contributed by atoms with van der Waals surface area (Å²) in [6, 6.07) is 12.8. The van der Waals surface area contributed by atoms with E-state index in [1.165, 1.54) is 0 Å². The highest BCUT2D eigenvalue weighted by Gasteiger charge is 2.25. The summed E-state index contributed by atoms with van der Waals surface area (Å²) in [6.07, 6.45) is 1.07. The Morgan fingerprint density at radius 2 is 1.94 bits per heavy atom. The number of imidazole rings is 1. The number of ether oxygens (including phenoxy) is 1. The van der Waals surface area contributed by atoms with Gasteiger partial charge in [-0.2, -0.15) is 0 Å². The summed E-state index contributed by atoms with van der Waals surface area (Å²) in [5.74, 6) is 0.586. The molecule has 1 saturated heterocycles. The molecule has 0 bridgehead atoms. The van der Waals surface area contributed by atoms with E-state index in [1.807, 2.05) is 30.3 Å². The van der Waals surface area contributed by atoms with E-state index in [1.54, 1.807) is 30.9 Å². The second-order valence-electron chi connectivity index (χ2n) is 7.93. The van der Waals surface area contributed by atoms with Gasteiger partial charge in [-0.15, -0.1) is 0 Å². The fourth-order valence-electron chi connectivity index (χ4n) is 4.32. The van der Waals surface area contributed by atoms with E-state index in [-0.39, 0.29) is 17.6 Å². The third-order valence-corrected chi connectivity index (χ3v) is 6.06. The molecule has 0 spiro atoms. The van der Waals surface area contributed by atoms with Crippen LogP contribution < -0.4 is 15.7 Å². The highest BCUT2D eigenvalue weighted by Crippen LogP contribution is 2.27. The molecule has 4 rings (SSSR count). The zero-order chi connectivity index (χ0) is 22.0. The molecule has 1 fully saturated rings. The van der Waals surface area contributed by atoms with Gasteiger partial charge in [-0.1, -0.05) is 12.1 Å². The molecule has 1 unspecified atom stereocenters. The van der Waals surface area contributed by atoms with Gasteiger partial charge < -0.3 is 25.0 Å². The van der Waals surface area contributed by atoms with Crippen molar-refractivity contribution in [3.63, 3.8) is 0 Å². The largest absolute Gasteiger partial charge is 0.497 e. The van der Waals surface area contributed by atoms with Crippen LogP contribution in [0.4, 0.5) is 0 Å². The molecule has 0 aliphatic carbocycles. The Morgan fingerprint density at radius 3 is 2.58 bits per heavy atom. The number of amides is 1. The first-order valence-corrected chi connectivity index (χ1v) is 10.5. The minimum Gasteiger partial charge on any atom is -0.497 e. The Bertz CT molecular complexity index is 1110. The van der Waals surface area contributed by atoms with Crippen LogP contribution in [0.25, 0.3) is 11.0 Å².